The molecule has 1 N–H and O–H groups in total. The molecular formula is C11H23NO2. The lowest BCUT2D eigenvalue weighted by molar-refractivity contribution is -0.133. The first-order valence-electron chi connectivity index (χ1n) is 5.17. The Hall–Kier alpha value is -0.570. The Kier molecular flexibility index (Phi) is 5.13. The van der Waals surface area contributed by atoms with Crippen molar-refractivity contribution in [2.75, 3.05) is 13.7 Å². The number of carbonyl (C=O) groups excluding carboxylic acids is 1. The number of aliphatic hydroxyl groups is 1. The summed E-state index contributed by atoms with van der Waals surface area (Å²) in [5, 5.41) is 8.62. The fourth-order valence-electron chi connectivity index (χ4n) is 1.20. The molecule has 0 aliphatic rings. The predicted octanol–water partition coefficient (Wildman–Crippen LogP) is 1.65. The van der Waals surface area contributed by atoms with Gasteiger partial charge in [0.25, 0.3) is 0 Å². The highest BCUT2D eigenvalue weighted by Crippen LogP contribution is 2.23. The smallest absolute Gasteiger partial charge is 0.222 e. The van der Waals surface area contributed by atoms with E-state index in [1.54, 1.807) is 4.90 Å². The molecule has 0 saturated carbocycles. The van der Waals surface area contributed by atoms with Crippen molar-refractivity contribution in [2.24, 2.45) is 5.41 Å². The number of hydrogen-bond donors (Lipinski definition) is 1. The lowest BCUT2D eigenvalue weighted by atomic mass is 9.87. The van der Waals surface area contributed by atoms with E-state index in [1.165, 1.54) is 0 Å². The normalized spacial score (nSPS) is 13.9. The molecule has 0 heterocycles. The Morgan fingerprint density at radius 3 is 2.29 bits per heavy atom. The summed E-state index contributed by atoms with van der Waals surface area (Å²) in [6.07, 6.45) is 0.994. The van der Waals surface area contributed by atoms with E-state index in [0.717, 1.165) is 0 Å². The van der Waals surface area contributed by atoms with Gasteiger partial charge in [-0.15, -0.1) is 0 Å². The third-order valence-electron chi connectivity index (χ3n) is 2.78. The summed E-state index contributed by atoms with van der Waals surface area (Å²) < 4.78 is 0. The largest absolute Gasteiger partial charge is 0.396 e. The number of nitrogens with zero attached hydrogens (tertiary/aromatic N) is 1. The lowest BCUT2D eigenvalue weighted by Gasteiger charge is -2.35. The highest BCUT2D eigenvalue weighted by Gasteiger charge is 2.26. The summed E-state index contributed by atoms with van der Waals surface area (Å²) in [4.78, 5) is 13.4. The van der Waals surface area contributed by atoms with Crippen molar-refractivity contribution in [3.05, 3.63) is 0 Å². The van der Waals surface area contributed by atoms with Crippen molar-refractivity contribution in [2.45, 2.75) is 46.6 Å². The SMILES string of the molecule is CC(N(C)C(=O)CCCO)C(C)(C)C. The van der Waals surface area contributed by atoms with E-state index in [4.69, 9.17) is 5.11 Å². The molecule has 0 aromatic heterocycles. The first kappa shape index (κ1) is 13.4. The van der Waals surface area contributed by atoms with Crippen molar-refractivity contribution < 1.29 is 9.90 Å². The molecule has 1 unspecified atom stereocenters. The van der Waals surface area contributed by atoms with Crippen LogP contribution in [0.25, 0.3) is 0 Å². The second kappa shape index (κ2) is 5.35. The number of aliphatic hydroxyl groups excluding tert-OH is 1. The molecule has 0 aliphatic carbocycles. The van der Waals surface area contributed by atoms with E-state index in [9.17, 15) is 4.79 Å². The van der Waals surface area contributed by atoms with E-state index in [-0.39, 0.29) is 24.0 Å². The number of amides is 1. The van der Waals surface area contributed by atoms with Crippen molar-refractivity contribution >= 4 is 5.91 Å². The fourth-order valence-corrected chi connectivity index (χ4v) is 1.20. The highest BCUT2D eigenvalue weighted by atomic mass is 16.3. The number of hydrogen-bond acceptors (Lipinski definition) is 2. The van der Waals surface area contributed by atoms with E-state index >= 15 is 0 Å². The Labute approximate surface area is 87.1 Å². The minimum absolute atomic E-state index is 0.0868. The summed E-state index contributed by atoms with van der Waals surface area (Å²) in [5.74, 6) is 0.112. The first-order chi connectivity index (χ1) is 6.30. The molecule has 3 nitrogen and oxygen atoms in total. The van der Waals surface area contributed by atoms with Crippen molar-refractivity contribution in [3.8, 4) is 0 Å². The van der Waals surface area contributed by atoms with Gasteiger partial charge in [0.1, 0.15) is 0 Å². The van der Waals surface area contributed by atoms with Gasteiger partial charge in [0, 0.05) is 26.1 Å². The molecule has 84 valence electrons. The van der Waals surface area contributed by atoms with Crippen molar-refractivity contribution in [1.82, 2.24) is 4.90 Å². The van der Waals surface area contributed by atoms with E-state index in [2.05, 4.69) is 27.7 Å². The molecule has 14 heavy (non-hydrogen) atoms. The second-order valence-electron chi connectivity index (χ2n) is 4.87. The standard InChI is InChI=1S/C11H23NO2/c1-9(11(2,3)4)12(5)10(14)7-6-8-13/h9,13H,6-8H2,1-5H3. The molecule has 1 atom stereocenters. The van der Waals surface area contributed by atoms with Gasteiger partial charge in [0.2, 0.25) is 5.91 Å². The molecular weight excluding hydrogens is 178 g/mol. The molecule has 0 bridgehead atoms. The average Bonchev–Trinajstić information content (AvgIpc) is 2.10. The monoisotopic (exact) mass is 201 g/mol. The Morgan fingerprint density at radius 1 is 1.43 bits per heavy atom. The lowest BCUT2D eigenvalue weighted by Crippen LogP contribution is -2.42. The Morgan fingerprint density at radius 2 is 1.93 bits per heavy atom. The minimum atomic E-state index is 0.0868. The molecule has 0 aromatic rings. The molecule has 1 amide bonds. The Balaban J connectivity index is 4.18. The molecule has 3 heteroatoms. The van der Waals surface area contributed by atoms with E-state index in [1.807, 2.05) is 7.05 Å². The fraction of sp³-hybridized carbons (Fsp3) is 0.909. The summed E-state index contributed by atoms with van der Waals surface area (Å²) >= 11 is 0. The van der Waals surface area contributed by atoms with Gasteiger partial charge < -0.3 is 10.0 Å². The van der Waals surface area contributed by atoms with Crippen LogP contribution in [0, 0.1) is 5.41 Å². The first-order valence-corrected chi connectivity index (χ1v) is 5.17. The molecule has 0 aliphatic heterocycles. The summed E-state index contributed by atoms with van der Waals surface area (Å²) in [6, 6.07) is 0.216. The van der Waals surface area contributed by atoms with Crippen LogP contribution in [0.5, 0.6) is 0 Å². The van der Waals surface area contributed by atoms with Crippen LogP contribution in [0.3, 0.4) is 0 Å². The Bertz CT molecular complexity index is 184. The topological polar surface area (TPSA) is 40.5 Å². The zero-order valence-electron chi connectivity index (χ0n) is 10.0. The van der Waals surface area contributed by atoms with Crippen LogP contribution >= 0.6 is 0 Å². The maximum atomic E-state index is 11.6. The van der Waals surface area contributed by atoms with Gasteiger partial charge in [-0.25, -0.2) is 0 Å². The molecule has 0 aromatic carbocycles. The van der Waals surface area contributed by atoms with Crippen LogP contribution < -0.4 is 0 Å². The van der Waals surface area contributed by atoms with Gasteiger partial charge in [-0.1, -0.05) is 20.8 Å². The van der Waals surface area contributed by atoms with Gasteiger partial charge >= 0.3 is 0 Å². The zero-order valence-corrected chi connectivity index (χ0v) is 10.0. The summed E-state index contributed by atoms with van der Waals surface area (Å²) in [5.41, 5.74) is 0.101. The third-order valence-corrected chi connectivity index (χ3v) is 2.78. The molecule has 0 saturated heterocycles. The van der Waals surface area contributed by atoms with Crippen molar-refractivity contribution in [3.63, 3.8) is 0 Å². The van der Waals surface area contributed by atoms with Crippen LogP contribution in [-0.2, 0) is 4.79 Å². The molecule has 0 spiro atoms. The van der Waals surface area contributed by atoms with E-state index in [0.29, 0.717) is 12.8 Å². The van der Waals surface area contributed by atoms with Crippen LogP contribution in [0.15, 0.2) is 0 Å². The number of carbonyl (C=O) groups is 1. The molecule has 0 radical (unpaired) electrons. The van der Waals surface area contributed by atoms with Crippen molar-refractivity contribution in [1.29, 1.82) is 0 Å². The summed E-state index contributed by atoms with van der Waals surface area (Å²) in [7, 11) is 1.83. The van der Waals surface area contributed by atoms with Gasteiger partial charge in [0.05, 0.1) is 0 Å². The quantitative estimate of drug-likeness (QED) is 0.751. The van der Waals surface area contributed by atoms with E-state index < -0.39 is 0 Å². The molecule has 0 fully saturated rings. The zero-order chi connectivity index (χ0) is 11.4. The minimum Gasteiger partial charge on any atom is -0.396 e. The predicted molar refractivity (Wildman–Crippen MR) is 58.0 cm³/mol. The van der Waals surface area contributed by atoms with Crippen LogP contribution in [0.4, 0.5) is 0 Å². The number of rotatable bonds is 4. The average molecular weight is 201 g/mol. The van der Waals surface area contributed by atoms with Gasteiger partial charge in [-0.2, -0.15) is 0 Å². The van der Waals surface area contributed by atoms with Crippen LogP contribution in [-0.4, -0.2) is 35.6 Å². The third kappa shape index (κ3) is 4.09. The highest BCUT2D eigenvalue weighted by molar-refractivity contribution is 5.76. The van der Waals surface area contributed by atoms with Gasteiger partial charge in [0.15, 0.2) is 0 Å². The molecule has 0 rings (SSSR count). The van der Waals surface area contributed by atoms with Crippen LogP contribution in [0.2, 0.25) is 0 Å². The second-order valence-corrected chi connectivity index (χ2v) is 4.87. The van der Waals surface area contributed by atoms with Gasteiger partial charge in [-0.05, 0) is 18.8 Å². The van der Waals surface area contributed by atoms with Gasteiger partial charge in [-0.3, -0.25) is 4.79 Å². The summed E-state index contributed by atoms with van der Waals surface area (Å²) in [6.45, 7) is 8.49. The maximum absolute atomic E-state index is 11.6. The maximum Gasteiger partial charge on any atom is 0.222 e. The van der Waals surface area contributed by atoms with Crippen LogP contribution in [0.1, 0.15) is 40.5 Å².